The number of aromatic nitrogens is 5. The quantitative estimate of drug-likeness (QED) is 0.392. The molecule has 2 aliphatic carbocycles. The van der Waals surface area contributed by atoms with Crippen molar-refractivity contribution in [2.75, 3.05) is 0 Å². The molecule has 3 aromatic heterocycles. The van der Waals surface area contributed by atoms with E-state index in [1.54, 1.807) is 35.4 Å². The molecule has 0 spiro atoms. The Hall–Kier alpha value is -4.38. The second kappa shape index (κ2) is 8.63. The van der Waals surface area contributed by atoms with Crippen molar-refractivity contribution in [3.05, 3.63) is 89.7 Å². The number of rotatable bonds is 3. The minimum atomic E-state index is -0.531. The minimum absolute atomic E-state index is 0.0727. The number of hydrogen-bond donors (Lipinski definition) is 1. The molecule has 8 heteroatoms. The number of hydrogen-bond acceptors (Lipinski definition) is 6. The molecule has 0 bridgehead atoms. The first-order valence-corrected chi connectivity index (χ1v) is 12.3. The van der Waals surface area contributed by atoms with Crippen molar-refractivity contribution in [1.29, 1.82) is 5.26 Å². The summed E-state index contributed by atoms with van der Waals surface area (Å²) < 4.78 is 17.5. The van der Waals surface area contributed by atoms with Gasteiger partial charge in [-0.1, -0.05) is 26.0 Å². The smallest absolute Gasteiger partial charge is 0.149 e. The first kappa shape index (κ1) is 23.0. The molecule has 3 heterocycles. The van der Waals surface area contributed by atoms with E-state index in [1.165, 1.54) is 12.4 Å². The summed E-state index contributed by atoms with van der Waals surface area (Å²) in [5.41, 5.74) is 4.96. The standard InChI is InChI=1S/C29H25FN6O/c1-17-22-7-6-21-26(24-9-11-33-16-34-24)35-36(28(21)29(22,2)13-20(14-31)27(17)37)25-8-5-18(12-23(25)30)19-4-3-10-32-15-19/h3-5,8-12,15-17,22,37H,6-7,13H2,1-2H3/t17-,22-,29-/m1/s1. The molecule has 0 saturated carbocycles. The number of nitriles is 1. The van der Waals surface area contributed by atoms with Crippen molar-refractivity contribution >= 4 is 0 Å². The van der Waals surface area contributed by atoms with Gasteiger partial charge in [0.05, 0.1) is 23.0 Å². The van der Waals surface area contributed by atoms with E-state index in [-0.39, 0.29) is 17.6 Å². The molecule has 6 rings (SSSR count). The Labute approximate surface area is 214 Å². The molecule has 0 unspecified atom stereocenters. The number of allylic oxidation sites excluding steroid dienone is 2. The van der Waals surface area contributed by atoms with Crippen LogP contribution >= 0.6 is 0 Å². The largest absolute Gasteiger partial charge is 0.511 e. The zero-order valence-electron chi connectivity index (χ0n) is 20.6. The van der Waals surface area contributed by atoms with E-state index in [0.29, 0.717) is 35.5 Å². The first-order chi connectivity index (χ1) is 17.9. The topological polar surface area (TPSA) is 101 Å². The number of fused-ring (bicyclic) bond motifs is 3. The fraction of sp³-hybridized carbons (Fsp3) is 0.276. The average Bonchev–Trinajstić information content (AvgIpc) is 3.32. The van der Waals surface area contributed by atoms with Crippen LogP contribution in [-0.2, 0) is 11.8 Å². The van der Waals surface area contributed by atoms with Gasteiger partial charge in [-0.25, -0.2) is 19.0 Å². The van der Waals surface area contributed by atoms with Crippen molar-refractivity contribution in [3.8, 4) is 34.3 Å². The molecule has 0 saturated heterocycles. The number of benzene rings is 1. The summed E-state index contributed by atoms with van der Waals surface area (Å²) in [6, 6.07) is 12.8. The summed E-state index contributed by atoms with van der Waals surface area (Å²) in [7, 11) is 0. The van der Waals surface area contributed by atoms with E-state index >= 15 is 4.39 Å². The van der Waals surface area contributed by atoms with Crippen molar-refractivity contribution in [1.82, 2.24) is 24.7 Å². The number of pyridine rings is 1. The Morgan fingerprint density at radius 1 is 1.16 bits per heavy atom. The third-order valence-corrected chi connectivity index (χ3v) is 8.07. The molecule has 4 aromatic rings. The van der Waals surface area contributed by atoms with E-state index in [0.717, 1.165) is 28.8 Å². The maximum Gasteiger partial charge on any atom is 0.149 e. The van der Waals surface area contributed by atoms with Crippen molar-refractivity contribution < 1.29 is 9.50 Å². The lowest BCUT2D eigenvalue weighted by atomic mass is 9.56. The Morgan fingerprint density at radius 2 is 2.03 bits per heavy atom. The van der Waals surface area contributed by atoms with E-state index in [2.05, 4.69) is 27.9 Å². The Balaban J connectivity index is 1.58. The molecule has 1 aromatic carbocycles. The fourth-order valence-corrected chi connectivity index (χ4v) is 6.31. The Morgan fingerprint density at radius 3 is 2.73 bits per heavy atom. The predicted molar refractivity (Wildman–Crippen MR) is 136 cm³/mol. The van der Waals surface area contributed by atoms with Gasteiger partial charge in [-0.2, -0.15) is 10.4 Å². The minimum Gasteiger partial charge on any atom is -0.511 e. The molecule has 2 aliphatic rings. The Bertz CT molecular complexity index is 1570. The van der Waals surface area contributed by atoms with Crippen molar-refractivity contribution in [2.45, 2.75) is 38.5 Å². The second-order valence-corrected chi connectivity index (χ2v) is 10.1. The fourth-order valence-electron chi connectivity index (χ4n) is 6.31. The summed E-state index contributed by atoms with van der Waals surface area (Å²) in [5.74, 6) is -0.356. The lowest BCUT2D eigenvalue weighted by Crippen LogP contribution is -2.45. The molecule has 3 atom stereocenters. The van der Waals surface area contributed by atoms with Gasteiger partial charge in [0, 0.05) is 41.1 Å². The predicted octanol–water partition coefficient (Wildman–Crippen LogP) is 5.73. The number of halogens is 1. The Kier molecular flexibility index (Phi) is 5.37. The highest BCUT2D eigenvalue weighted by Gasteiger charge is 2.51. The molecular formula is C29H25FN6O. The van der Waals surface area contributed by atoms with E-state index in [1.807, 2.05) is 25.1 Å². The van der Waals surface area contributed by atoms with Gasteiger partial charge >= 0.3 is 0 Å². The van der Waals surface area contributed by atoms with Crippen LogP contribution in [-0.4, -0.2) is 29.8 Å². The molecule has 1 N–H and O–H groups in total. The van der Waals surface area contributed by atoms with Crippen molar-refractivity contribution in [3.63, 3.8) is 0 Å². The molecule has 0 fully saturated rings. The highest BCUT2D eigenvalue weighted by Crippen LogP contribution is 2.55. The van der Waals surface area contributed by atoms with Gasteiger partial charge in [-0.05, 0) is 55.0 Å². The van der Waals surface area contributed by atoms with Crippen LogP contribution in [0.1, 0.15) is 37.9 Å². The lowest BCUT2D eigenvalue weighted by molar-refractivity contribution is 0.134. The average molecular weight is 493 g/mol. The van der Waals surface area contributed by atoms with Crippen LogP contribution in [0.4, 0.5) is 4.39 Å². The van der Waals surface area contributed by atoms with Gasteiger partial charge in [0.1, 0.15) is 29.3 Å². The zero-order valence-corrected chi connectivity index (χ0v) is 20.6. The van der Waals surface area contributed by atoms with Crippen LogP contribution < -0.4 is 0 Å². The van der Waals surface area contributed by atoms with E-state index in [9.17, 15) is 10.4 Å². The van der Waals surface area contributed by atoms with E-state index < -0.39 is 11.2 Å². The zero-order chi connectivity index (χ0) is 25.7. The van der Waals surface area contributed by atoms with Gasteiger partial charge in [0.15, 0.2) is 0 Å². The number of aliphatic hydroxyl groups excluding tert-OH is 1. The van der Waals surface area contributed by atoms with Gasteiger partial charge in [-0.3, -0.25) is 4.98 Å². The van der Waals surface area contributed by atoms with Crippen LogP contribution in [0.25, 0.3) is 28.2 Å². The molecule has 184 valence electrons. The third-order valence-electron chi connectivity index (χ3n) is 8.07. The first-order valence-electron chi connectivity index (χ1n) is 12.3. The summed E-state index contributed by atoms with van der Waals surface area (Å²) >= 11 is 0. The monoisotopic (exact) mass is 492 g/mol. The van der Waals surface area contributed by atoms with E-state index in [4.69, 9.17) is 5.10 Å². The van der Waals surface area contributed by atoms with Crippen molar-refractivity contribution in [2.24, 2.45) is 11.8 Å². The summed E-state index contributed by atoms with van der Waals surface area (Å²) in [6.07, 6.45) is 8.43. The van der Waals surface area contributed by atoms with Gasteiger partial charge in [-0.15, -0.1) is 0 Å². The van der Waals surface area contributed by atoms with Crippen LogP contribution in [0.15, 0.2) is 72.6 Å². The molecular weight excluding hydrogens is 467 g/mol. The normalized spacial score (nSPS) is 22.8. The number of nitrogens with zero attached hydrogens (tertiary/aromatic N) is 6. The van der Waals surface area contributed by atoms with Crippen LogP contribution in [0.5, 0.6) is 0 Å². The maximum atomic E-state index is 15.8. The lowest BCUT2D eigenvalue weighted by Gasteiger charge is -2.47. The molecule has 7 nitrogen and oxygen atoms in total. The molecule has 0 aliphatic heterocycles. The third kappa shape index (κ3) is 3.53. The highest BCUT2D eigenvalue weighted by molar-refractivity contribution is 5.66. The number of aliphatic hydroxyl groups is 1. The van der Waals surface area contributed by atoms with Crippen LogP contribution in [0, 0.1) is 29.0 Å². The summed E-state index contributed by atoms with van der Waals surface area (Å²) in [6.45, 7) is 4.08. The highest BCUT2D eigenvalue weighted by atomic mass is 19.1. The molecule has 37 heavy (non-hydrogen) atoms. The van der Waals surface area contributed by atoms with Crippen LogP contribution in [0.3, 0.4) is 0 Å². The summed E-state index contributed by atoms with van der Waals surface area (Å²) in [5, 5.41) is 25.5. The molecule has 0 radical (unpaired) electrons. The molecule has 0 amide bonds. The summed E-state index contributed by atoms with van der Waals surface area (Å²) in [4.78, 5) is 12.6. The van der Waals surface area contributed by atoms with Gasteiger partial charge < -0.3 is 5.11 Å². The SMILES string of the molecule is C[C@H]1C(O)=C(C#N)C[C@@]2(C)c3c(c(-c4ccncn4)nn3-c3ccc(-c4cccnc4)cc3F)CC[C@H]12. The van der Waals surface area contributed by atoms with Gasteiger partial charge in [0.2, 0.25) is 0 Å². The van der Waals surface area contributed by atoms with Crippen LogP contribution in [0.2, 0.25) is 0 Å². The maximum absolute atomic E-state index is 15.8. The second-order valence-electron chi connectivity index (χ2n) is 10.1. The van der Waals surface area contributed by atoms with Gasteiger partial charge in [0.25, 0.3) is 0 Å².